The Labute approximate surface area is 265 Å². The van der Waals surface area contributed by atoms with E-state index < -0.39 is 0 Å². The maximum Gasteiger partial charge on any atom is 0.0717 e. The van der Waals surface area contributed by atoms with E-state index in [1.807, 2.05) is 70.6 Å². The van der Waals surface area contributed by atoms with E-state index in [2.05, 4.69) is 83.1 Å². The van der Waals surface area contributed by atoms with E-state index in [0.29, 0.717) is 0 Å². The molecule has 12 heteroatoms. The highest BCUT2D eigenvalue weighted by Crippen LogP contribution is 2.65. The van der Waals surface area contributed by atoms with E-state index in [9.17, 15) is 0 Å². The molecule has 3 aliphatic heterocycles. The highest BCUT2D eigenvalue weighted by molar-refractivity contribution is 8.45. The summed E-state index contributed by atoms with van der Waals surface area (Å²) >= 11 is 24.9. The highest BCUT2D eigenvalue weighted by Gasteiger charge is 2.30. The van der Waals surface area contributed by atoms with Gasteiger partial charge in [-0.1, -0.05) is 47.0 Å². The minimum atomic E-state index is 1.25. The van der Waals surface area contributed by atoms with Crippen molar-refractivity contribution in [3.05, 3.63) is 25.4 Å². The van der Waals surface area contributed by atoms with Gasteiger partial charge in [-0.2, -0.15) is 47.0 Å². The molecule has 0 fully saturated rings. The highest BCUT2D eigenvalue weighted by atomic mass is 32.3. The van der Waals surface area contributed by atoms with Gasteiger partial charge in [0.25, 0.3) is 0 Å². The molecule has 0 saturated heterocycles. The predicted molar refractivity (Wildman–Crippen MR) is 196 cm³/mol. The fourth-order valence-corrected chi connectivity index (χ4v) is 18.7. The SMILES string of the molecule is CSC1=C2SCCCSCCCSCCCSCCCSCCCSC3=C(SC)SC(=C(S1)S2)S3. The first-order valence-electron chi connectivity index (χ1n) is 11.9. The molecule has 4 bridgehead atoms. The average molecular weight is 697 g/mol. The van der Waals surface area contributed by atoms with E-state index in [0.717, 1.165) is 0 Å². The Morgan fingerprint density at radius 2 is 0.714 bits per heavy atom. The number of thioether (sulfide) groups is 12. The Bertz CT molecular complexity index is 659. The molecule has 3 rings (SSSR count). The molecule has 3 aliphatic rings. The van der Waals surface area contributed by atoms with Crippen LogP contribution in [-0.2, 0) is 0 Å². The van der Waals surface area contributed by atoms with Crippen molar-refractivity contribution in [1.82, 2.24) is 0 Å². The van der Waals surface area contributed by atoms with Crippen LogP contribution < -0.4 is 0 Å². The molecule has 0 aliphatic carbocycles. The summed E-state index contributed by atoms with van der Waals surface area (Å²) in [6, 6.07) is 0. The molecule has 0 aromatic carbocycles. The number of hydrogen-bond acceptors (Lipinski definition) is 12. The molecule has 200 valence electrons. The zero-order valence-corrected chi connectivity index (χ0v) is 30.3. The van der Waals surface area contributed by atoms with Crippen molar-refractivity contribution in [2.45, 2.75) is 32.1 Å². The van der Waals surface area contributed by atoms with Crippen LogP contribution in [0.5, 0.6) is 0 Å². The average Bonchev–Trinajstić information content (AvgIpc) is 3.48. The van der Waals surface area contributed by atoms with Crippen molar-refractivity contribution in [3.8, 4) is 0 Å². The van der Waals surface area contributed by atoms with Gasteiger partial charge in [0.2, 0.25) is 0 Å². The van der Waals surface area contributed by atoms with Crippen LogP contribution in [0, 0.1) is 0 Å². The predicted octanol–water partition coefficient (Wildman–Crippen LogP) is 11.4. The third-order valence-corrected chi connectivity index (χ3v) is 20.7. The van der Waals surface area contributed by atoms with Gasteiger partial charge in [0.1, 0.15) is 0 Å². The molecule has 0 saturated carbocycles. The normalized spacial score (nSPS) is 24.2. The third-order valence-electron chi connectivity index (χ3n) is 4.68. The van der Waals surface area contributed by atoms with Crippen molar-refractivity contribution in [2.24, 2.45) is 0 Å². The van der Waals surface area contributed by atoms with E-state index in [1.54, 1.807) is 8.47 Å². The van der Waals surface area contributed by atoms with Gasteiger partial charge in [0.15, 0.2) is 0 Å². The number of hydrogen-bond donors (Lipinski definition) is 0. The second-order valence-electron chi connectivity index (χ2n) is 7.46. The second-order valence-corrected chi connectivity index (χ2v) is 21.8. The summed E-state index contributed by atoms with van der Waals surface area (Å²) in [6.07, 6.45) is 11.3. The summed E-state index contributed by atoms with van der Waals surface area (Å²) in [5.41, 5.74) is 0. The largest absolute Gasteiger partial charge is 0.162 e. The van der Waals surface area contributed by atoms with Crippen LogP contribution in [0.2, 0.25) is 0 Å². The van der Waals surface area contributed by atoms with Gasteiger partial charge in [-0.15, -0.1) is 47.0 Å². The summed E-state index contributed by atoms with van der Waals surface area (Å²) < 4.78 is 9.17. The Balaban J connectivity index is 1.49. The van der Waals surface area contributed by atoms with E-state index in [1.165, 1.54) is 107 Å². The lowest BCUT2D eigenvalue weighted by atomic mass is 10.6. The van der Waals surface area contributed by atoms with Crippen LogP contribution in [0.25, 0.3) is 0 Å². The fraction of sp³-hybridized carbons (Fsp3) is 0.739. The van der Waals surface area contributed by atoms with Crippen LogP contribution in [0.15, 0.2) is 25.4 Å². The Kier molecular flexibility index (Phi) is 19.9. The molecule has 0 aromatic heterocycles. The zero-order valence-electron chi connectivity index (χ0n) is 20.5. The van der Waals surface area contributed by atoms with Gasteiger partial charge < -0.3 is 0 Å². The Morgan fingerprint density at radius 1 is 0.400 bits per heavy atom. The minimum Gasteiger partial charge on any atom is -0.162 e. The summed E-state index contributed by atoms with van der Waals surface area (Å²) in [5, 5.41) is 0. The van der Waals surface area contributed by atoms with E-state index >= 15 is 0 Å². The molecule has 0 aromatic rings. The molecule has 0 amide bonds. The van der Waals surface area contributed by atoms with Crippen LogP contribution in [0.1, 0.15) is 32.1 Å². The summed E-state index contributed by atoms with van der Waals surface area (Å²) in [6.45, 7) is 0. The van der Waals surface area contributed by atoms with E-state index in [-0.39, 0.29) is 0 Å². The summed E-state index contributed by atoms with van der Waals surface area (Å²) in [5.74, 6) is 13.2. The van der Waals surface area contributed by atoms with Gasteiger partial charge in [0, 0.05) is 0 Å². The lowest BCUT2D eigenvalue weighted by Gasteiger charge is -2.05. The van der Waals surface area contributed by atoms with Crippen LogP contribution in [0.4, 0.5) is 0 Å². The first-order valence-corrected chi connectivity index (χ1v) is 24.2. The zero-order chi connectivity index (χ0) is 24.6. The van der Waals surface area contributed by atoms with E-state index in [4.69, 9.17) is 0 Å². The molecule has 3 heterocycles. The second kappa shape index (κ2) is 21.2. The molecular formula is C23H36S12. The van der Waals surface area contributed by atoms with Gasteiger partial charge in [-0.05, 0) is 102 Å². The van der Waals surface area contributed by atoms with Crippen molar-refractivity contribution in [1.29, 1.82) is 0 Å². The van der Waals surface area contributed by atoms with Crippen molar-refractivity contribution < 1.29 is 0 Å². The Hall–Kier alpha value is 3.42. The lowest BCUT2D eigenvalue weighted by molar-refractivity contribution is 1.07. The van der Waals surface area contributed by atoms with Gasteiger partial charge in [-0.25, -0.2) is 0 Å². The third kappa shape index (κ3) is 13.3. The number of rotatable bonds is 2. The van der Waals surface area contributed by atoms with Crippen molar-refractivity contribution in [3.63, 3.8) is 0 Å². The quantitative estimate of drug-likeness (QED) is 0.270. The molecular weight excluding hydrogens is 661 g/mol. The van der Waals surface area contributed by atoms with Crippen LogP contribution >= 0.6 is 141 Å². The first-order chi connectivity index (χ1) is 17.3. The molecule has 35 heavy (non-hydrogen) atoms. The molecule has 0 spiro atoms. The van der Waals surface area contributed by atoms with Crippen LogP contribution in [-0.4, -0.2) is 70.0 Å². The summed E-state index contributed by atoms with van der Waals surface area (Å²) in [7, 11) is 0. The fourth-order valence-electron chi connectivity index (χ4n) is 2.99. The molecule has 0 unspecified atom stereocenters. The van der Waals surface area contributed by atoms with Gasteiger partial charge in [0.05, 0.1) is 25.4 Å². The molecule has 0 radical (unpaired) electrons. The summed E-state index contributed by atoms with van der Waals surface area (Å²) in [4.78, 5) is 0. The smallest absolute Gasteiger partial charge is 0.0717 e. The number of fused-ring (bicyclic) bond motifs is 4. The van der Waals surface area contributed by atoms with Crippen molar-refractivity contribution >= 4 is 141 Å². The topological polar surface area (TPSA) is 0 Å². The molecule has 0 atom stereocenters. The maximum absolute atomic E-state index is 2.24. The molecule has 0 nitrogen and oxygen atoms in total. The lowest BCUT2D eigenvalue weighted by Crippen LogP contribution is -1.92. The van der Waals surface area contributed by atoms with Gasteiger partial charge >= 0.3 is 0 Å². The maximum atomic E-state index is 2.24. The molecule has 0 N–H and O–H groups in total. The van der Waals surface area contributed by atoms with Gasteiger partial charge in [-0.3, -0.25) is 0 Å². The standard InChI is InChI=1S/C23H36S12/c1-24-18-20-30-16-6-14-28-12-4-10-26-8-3-9-27-11-5-13-29-15-7-17-31-21-19(25-2)33-23(35-21)22(32-18)34-20/h3-17H2,1-2H3. The minimum absolute atomic E-state index is 1.25. The van der Waals surface area contributed by atoms with Crippen LogP contribution in [0.3, 0.4) is 0 Å². The van der Waals surface area contributed by atoms with Crippen molar-refractivity contribution in [2.75, 3.05) is 70.0 Å². The Morgan fingerprint density at radius 3 is 1.03 bits per heavy atom. The first kappa shape index (κ1) is 32.9. The monoisotopic (exact) mass is 696 g/mol.